The second-order valence-corrected chi connectivity index (χ2v) is 4.57. The molecule has 0 aromatic heterocycles. The predicted octanol–water partition coefficient (Wildman–Crippen LogP) is 3.81. The number of hydrogen-bond donors (Lipinski definition) is 2. The first-order valence-corrected chi connectivity index (χ1v) is 6.74. The molecule has 0 saturated carbocycles. The second-order valence-electron chi connectivity index (χ2n) is 4.57. The van der Waals surface area contributed by atoms with Crippen molar-refractivity contribution in [1.82, 2.24) is 0 Å². The van der Waals surface area contributed by atoms with Gasteiger partial charge in [-0.2, -0.15) is 0 Å². The zero-order chi connectivity index (χ0) is 15.8. The van der Waals surface area contributed by atoms with Crippen molar-refractivity contribution >= 4 is 17.4 Å². The van der Waals surface area contributed by atoms with E-state index in [1.165, 1.54) is 0 Å². The number of carbonyl (C=O) groups is 1. The van der Waals surface area contributed by atoms with Crippen LogP contribution in [0, 0.1) is 0 Å². The molecule has 0 aliphatic rings. The number of amides is 1. The van der Waals surface area contributed by atoms with E-state index < -0.39 is 12.2 Å². The fourth-order valence-electron chi connectivity index (χ4n) is 1.86. The van der Waals surface area contributed by atoms with Crippen molar-refractivity contribution in [2.45, 2.75) is 6.10 Å². The Morgan fingerprint density at radius 2 is 1.68 bits per heavy atom. The fraction of sp³-hybridized carbons (Fsp3) is 0.118. The van der Waals surface area contributed by atoms with Gasteiger partial charge in [-0.05, 0) is 23.3 Å². The molecule has 2 N–H and O–H groups in total. The van der Waals surface area contributed by atoms with Gasteiger partial charge >= 0.3 is 6.09 Å². The molecule has 1 amide bonds. The van der Waals surface area contributed by atoms with Crippen LogP contribution in [0.15, 0.2) is 67.2 Å². The summed E-state index contributed by atoms with van der Waals surface area (Å²) in [6.07, 6.45) is -1.46. The number of nitrogens with one attached hydrogen (secondary N) is 1. The Balaban J connectivity index is 1.88. The largest absolute Gasteiger partial charge is 0.446 e. The highest BCUT2D eigenvalue weighted by atomic mass is 17.1. The molecule has 1 atom stereocenters. The molecule has 1 unspecified atom stereocenters. The Bertz CT molecular complexity index is 613. The van der Waals surface area contributed by atoms with Crippen molar-refractivity contribution < 1.29 is 19.7 Å². The number of hydrogen-bond acceptors (Lipinski definition) is 4. The average molecular weight is 299 g/mol. The molecule has 22 heavy (non-hydrogen) atoms. The minimum atomic E-state index is -0.830. The van der Waals surface area contributed by atoms with Crippen LogP contribution in [0.2, 0.25) is 0 Å². The van der Waals surface area contributed by atoms with E-state index in [2.05, 4.69) is 16.8 Å². The van der Waals surface area contributed by atoms with Crippen molar-refractivity contribution in [2.24, 2.45) is 0 Å². The molecule has 0 spiro atoms. The van der Waals surface area contributed by atoms with E-state index in [1.54, 1.807) is 24.3 Å². The van der Waals surface area contributed by atoms with Crippen molar-refractivity contribution in [3.8, 4) is 0 Å². The third-order valence-corrected chi connectivity index (χ3v) is 3.05. The smallest absolute Gasteiger partial charge is 0.411 e. The Morgan fingerprint density at radius 3 is 2.27 bits per heavy atom. The van der Waals surface area contributed by atoms with Crippen LogP contribution in [-0.2, 0) is 9.62 Å². The maximum absolute atomic E-state index is 11.7. The first kappa shape index (κ1) is 15.8. The van der Waals surface area contributed by atoms with Crippen molar-refractivity contribution in [2.75, 3.05) is 11.9 Å². The monoisotopic (exact) mass is 299 g/mol. The lowest BCUT2D eigenvalue weighted by molar-refractivity contribution is -0.268. The van der Waals surface area contributed by atoms with Gasteiger partial charge in [0.2, 0.25) is 0 Å². The summed E-state index contributed by atoms with van der Waals surface area (Å²) in [5.74, 6) is 0. The number of benzene rings is 2. The van der Waals surface area contributed by atoms with Crippen LogP contribution in [0.4, 0.5) is 10.5 Å². The molecule has 0 bridgehead atoms. The van der Waals surface area contributed by atoms with Crippen LogP contribution in [-0.4, -0.2) is 24.1 Å². The highest BCUT2D eigenvalue weighted by molar-refractivity contribution is 5.84. The van der Waals surface area contributed by atoms with E-state index in [4.69, 9.17) is 9.99 Å². The molecule has 0 heterocycles. The molecule has 0 saturated heterocycles. The van der Waals surface area contributed by atoms with Crippen molar-refractivity contribution in [3.05, 3.63) is 72.8 Å². The van der Waals surface area contributed by atoms with E-state index in [1.807, 2.05) is 36.4 Å². The summed E-state index contributed by atoms with van der Waals surface area (Å²) in [6.45, 7) is 3.71. The molecule has 2 aromatic rings. The lowest BCUT2D eigenvalue weighted by atomic mass is 10.0. The average Bonchev–Trinajstić information content (AvgIpc) is 2.57. The summed E-state index contributed by atoms with van der Waals surface area (Å²) in [7, 11) is 0. The summed E-state index contributed by atoms with van der Waals surface area (Å²) in [5.41, 5.74) is 1.94. The Morgan fingerprint density at radius 1 is 1.09 bits per heavy atom. The van der Waals surface area contributed by atoms with Gasteiger partial charge in [0.25, 0.3) is 0 Å². The molecule has 0 aliphatic carbocycles. The molecular formula is C17H17NO4. The minimum absolute atomic E-state index is 0.150. The van der Waals surface area contributed by atoms with Gasteiger partial charge in [0.15, 0.2) is 6.10 Å². The maximum Gasteiger partial charge on any atom is 0.411 e. The van der Waals surface area contributed by atoms with E-state index in [0.29, 0.717) is 11.3 Å². The zero-order valence-corrected chi connectivity index (χ0v) is 11.9. The van der Waals surface area contributed by atoms with Crippen LogP contribution < -0.4 is 5.32 Å². The van der Waals surface area contributed by atoms with E-state index >= 15 is 0 Å². The Kier molecular flexibility index (Phi) is 5.71. The molecule has 114 valence electrons. The molecule has 2 aromatic carbocycles. The number of ether oxygens (including phenoxy) is 1. The van der Waals surface area contributed by atoms with Gasteiger partial charge in [-0.1, -0.05) is 55.1 Å². The first-order chi connectivity index (χ1) is 10.7. The van der Waals surface area contributed by atoms with Gasteiger partial charge in [0, 0.05) is 5.69 Å². The van der Waals surface area contributed by atoms with Crippen LogP contribution in [0.1, 0.15) is 5.56 Å². The van der Waals surface area contributed by atoms with Gasteiger partial charge in [0.1, 0.15) is 6.61 Å². The molecule has 5 heteroatoms. The highest BCUT2D eigenvalue weighted by Crippen LogP contribution is 2.18. The quantitative estimate of drug-likeness (QED) is 0.628. The lowest BCUT2D eigenvalue weighted by Crippen LogP contribution is -2.24. The van der Waals surface area contributed by atoms with Gasteiger partial charge in [-0.25, -0.2) is 9.68 Å². The van der Waals surface area contributed by atoms with Crippen molar-refractivity contribution in [3.63, 3.8) is 0 Å². The van der Waals surface area contributed by atoms with Crippen LogP contribution in [0.25, 0.3) is 5.57 Å². The third-order valence-electron chi connectivity index (χ3n) is 3.05. The highest BCUT2D eigenvalue weighted by Gasteiger charge is 2.17. The topological polar surface area (TPSA) is 67.8 Å². The first-order valence-electron chi connectivity index (χ1n) is 6.74. The maximum atomic E-state index is 11.7. The van der Waals surface area contributed by atoms with Crippen LogP contribution in [0.5, 0.6) is 0 Å². The fourth-order valence-corrected chi connectivity index (χ4v) is 1.86. The molecule has 0 aliphatic heterocycles. The minimum Gasteiger partial charge on any atom is -0.446 e. The number of rotatable bonds is 6. The predicted molar refractivity (Wildman–Crippen MR) is 84.4 cm³/mol. The van der Waals surface area contributed by atoms with Gasteiger partial charge in [0.05, 0.1) is 0 Å². The summed E-state index contributed by atoms with van der Waals surface area (Å²) in [6, 6.07) is 18.1. The summed E-state index contributed by atoms with van der Waals surface area (Å²) in [5, 5.41) is 11.6. The SMILES string of the molecule is C=C(c1ccccc1)C(COC(=O)Nc1ccccc1)OO. The number of anilines is 1. The summed E-state index contributed by atoms with van der Waals surface area (Å²) < 4.78 is 5.05. The van der Waals surface area contributed by atoms with Crippen LogP contribution >= 0.6 is 0 Å². The van der Waals surface area contributed by atoms with Crippen LogP contribution in [0.3, 0.4) is 0 Å². The summed E-state index contributed by atoms with van der Waals surface area (Å²) in [4.78, 5) is 16.1. The standard InChI is InChI=1S/C17H17NO4/c1-13(14-8-4-2-5-9-14)16(22-20)12-21-17(19)18-15-10-6-3-7-11-15/h2-11,16,20H,1,12H2,(H,18,19). The van der Waals surface area contributed by atoms with E-state index in [9.17, 15) is 4.79 Å². The lowest BCUT2D eigenvalue weighted by Gasteiger charge is -2.16. The molecular weight excluding hydrogens is 282 g/mol. The molecule has 0 fully saturated rings. The molecule has 2 rings (SSSR count). The summed E-state index contributed by atoms with van der Waals surface area (Å²) >= 11 is 0. The molecule has 0 radical (unpaired) electrons. The number of carbonyl (C=O) groups excluding carboxylic acids is 1. The zero-order valence-electron chi connectivity index (χ0n) is 11.9. The van der Waals surface area contributed by atoms with Crippen molar-refractivity contribution in [1.29, 1.82) is 0 Å². The van der Waals surface area contributed by atoms with Gasteiger partial charge in [-0.15, -0.1) is 0 Å². The van der Waals surface area contributed by atoms with E-state index in [-0.39, 0.29) is 6.61 Å². The number of para-hydroxylation sites is 1. The Labute approximate surface area is 128 Å². The normalized spacial score (nSPS) is 11.5. The van der Waals surface area contributed by atoms with Gasteiger partial charge < -0.3 is 4.74 Å². The Hall–Kier alpha value is -2.63. The molecule has 5 nitrogen and oxygen atoms in total. The van der Waals surface area contributed by atoms with Gasteiger partial charge in [-0.3, -0.25) is 10.6 Å². The third kappa shape index (κ3) is 4.44. The second kappa shape index (κ2) is 7.97. The van der Waals surface area contributed by atoms with E-state index in [0.717, 1.165) is 5.56 Å².